The van der Waals surface area contributed by atoms with E-state index in [0.717, 1.165) is 10.9 Å². The Hall–Kier alpha value is -2.88. The van der Waals surface area contributed by atoms with Gasteiger partial charge < -0.3 is 9.30 Å². The summed E-state index contributed by atoms with van der Waals surface area (Å²) in [5.74, 6) is -0.284. The number of hydrogen-bond donors (Lipinski definition) is 0. The molecule has 4 heteroatoms. The van der Waals surface area contributed by atoms with E-state index in [4.69, 9.17) is 4.74 Å². The third kappa shape index (κ3) is 2.29. The normalized spacial score (nSPS) is 10.6. The summed E-state index contributed by atoms with van der Waals surface area (Å²) in [7, 11) is 3.43. The molecule has 1 aromatic heterocycles. The highest BCUT2D eigenvalue weighted by molar-refractivity contribution is 6.50. The SMILES string of the molecule is COc1ccc2c(C(=O)C(=O)c3ccccc3)cn(C)c2c1. The number of rotatable bonds is 4. The van der Waals surface area contributed by atoms with Gasteiger partial charge in [-0.2, -0.15) is 0 Å². The maximum atomic E-state index is 12.5. The van der Waals surface area contributed by atoms with Crippen molar-refractivity contribution in [3.8, 4) is 5.75 Å². The maximum Gasteiger partial charge on any atom is 0.235 e. The molecule has 0 aliphatic rings. The van der Waals surface area contributed by atoms with Gasteiger partial charge in [-0.3, -0.25) is 9.59 Å². The second-order valence-corrected chi connectivity index (χ2v) is 5.06. The number of fused-ring (bicyclic) bond motifs is 1. The average molecular weight is 293 g/mol. The molecule has 0 atom stereocenters. The monoisotopic (exact) mass is 293 g/mol. The van der Waals surface area contributed by atoms with Gasteiger partial charge in [0.25, 0.3) is 0 Å². The van der Waals surface area contributed by atoms with E-state index >= 15 is 0 Å². The first-order valence-corrected chi connectivity index (χ1v) is 6.89. The third-order valence-corrected chi connectivity index (χ3v) is 3.68. The summed E-state index contributed by atoms with van der Waals surface area (Å²) in [6.07, 6.45) is 1.69. The lowest BCUT2D eigenvalue weighted by molar-refractivity contribution is 0.0818. The van der Waals surface area contributed by atoms with E-state index in [-0.39, 0.29) is 0 Å². The van der Waals surface area contributed by atoms with E-state index < -0.39 is 11.6 Å². The van der Waals surface area contributed by atoms with E-state index in [1.807, 2.05) is 23.7 Å². The number of carbonyl (C=O) groups excluding carboxylic acids is 2. The fraction of sp³-hybridized carbons (Fsp3) is 0.111. The summed E-state index contributed by atoms with van der Waals surface area (Å²) in [6, 6.07) is 14.0. The minimum atomic E-state index is -0.498. The molecule has 0 radical (unpaired) electrons. The van der Waals surface area contributed by atoms with Crippen molar-refractivity contribution in [2.45, 2.75) is 0 Å². The van der Waals surface area contributed by atoms with Gasteiger partial charge in [-0.25, -0.2) is 0 Å². The Bertz CT molecular complexity index is 863. The van der Waals surface area contributed by atoms with Gasteiger partial charge in [0, 0.05) is 30.3 Å². The Balaban J connectivity index is 2.07. The highest BCUT2D eigenvalue weighted by Crippen LogP contribution is 2.26. The number of carbonyl (C=O) groups is 2. The lowest BCUT2D eigenvalue weighted by Gasteiger charge is -2.02. The Labute approximate surface area is 127 Å². The fourth-order valence-electron chi connectivity index (χ4n) is 2.51. The minimum absolute atomic E-state index is 0.401. The van der Waals surface area contributed by atoms with E-state index in [1.54, 1.807) is 49.7 Å². The number of hydrogen-bond acceptors (Lipinski definition) is 3. The predicted octanol–water partition coefficient (Wildman–Crippen LogP) is 3.25. The molecule has 0 saturated carbocycles. The van der Waals surface area contributed by atoms with Gasteiger partial charge in [0.15, 0.2) is 0 Å². The zero-order valence-electron chi connectivity index (χ0n) is 12.4. The van der Waals surface area contributed by atoms with Crippen molar-refractivity contribution in [2.24, 2.45) is 7.05 Å². The molecule has 0 N–H and O–H groups in total. The van der Waals surface area contributed by atoms with Gasteiger partial charge in [0.05, 0.1) is 18.2 Å². The molecule has 4 nitrogen and oxygen atoms in total. The van der Waals surface area contributed by atoms with E-state index in [0.29, 0.717) is 16.9 Å². The van der Waals surface area contributed by atoms with Crippen LogP contribution in [0.25, 0.3) is 10.9 Å². The van der Waals surface area contributed by atoms with E-state index in [2.05, 4.69) is 0 Å². The van der Waals surface area contributed by atoms with Gasteiger partial charge in [-0.1, -0.05) is 30.3 Å². The molecule has 0 amide bonds. The lowest BCUT2D eigenvalue weighted by Crippen LogP contribution is -2.14. The molecule has 0 aliphatic carbocycles. The first-order chi connectivity index (χ1) is 10.6. The van der Waals surface area contributed by atoms with Crippen molar-refractivity contribution in [3.63, 3.8) is 0 Å². The summed E-state index contributed by atoms with van der Waals surface area (Å²) >= 11 is 0. The summed E-state index contributed by atoms with van der Waals surface area (Å²) in [5.41, 5.74) is 1.66. The summed E-state index contributed by atoms with van der Waals surface area (Å²) in [6.45, 7) is 0. The summed E-state index contributed by atoms with van der Waals surface area (Å²) < 4.78 is 7.02. The molecule has 3 rings (SSSR count). The predicted molar refractivity (Wildman–Crippen MR) is 84.6 cm³/mol. The molecule has 2 aromatic carbocycles. The number of ether oxygens (including phenoxy) is 1. The van der Waals surface area contributed by atoms with Crippen LogP contribution in [0.5, 0.6) is 5.75 Å². The van der Waals surface area contributed by atoms with Crippen LogP contribution < -0.4 is 4.74 Å². The lowest BCUT2D eigenvalue weighted by atomic mass is 10.0. The van der Waals surface area contributed by atoms with Crippen molar-refractivity contribution < 1.29 is 14.3 Å². The van der Waals surface area contributed by atoms with Gasteiger partial charge in [0.2, 0.25) is 11.6 Å². The zero-order chi connectivity index (χ0) is 15.7. The van der Waals surface area contributed by atoms with Gasteiger partial charge in [0.1, 0.15) is 5.75 Å². The third-order valence-electron chi connectivity index (χ3n) is 3.68. The Morgan fingerprint density at radius 3 is 2.41 bits per heavy atom. The van der Waals surface area contributed by atoms with Crippen LogP contribution in [0.15, 0.2) is 54.7 Å². The highest BCUT2D eigenvalue weighted by Gasteiger charge is 2.22. The number of nitrogens with zero attached hydrogens (tertiary/aromatic N) is 1. The van der Waals surface area contributed by atoms with Gasteiger partial charge in [-0.15, -0.1) is 0 Å². The molecular formula is C18H15NO3. The second-order valence-electron chi connectivity index (χ2n) is 5.06. The van der Waals surface area contributed by atoms with Gasteiger partial charge in [-0.05, 0) is 12.1 Å². The molecule has 0 saturated heterocycles. The van der Waals surface area contributed by atoms with Crippen LogP contribution in [0.4, 0.5) is 0 Å². The topological polar surface area (TPSA) is 48.3 Å². The number of aromatic nitrogens is 1. The molecule has 0 fully saturated rings. The van der Waals surface area contributed by atoms with Crippen LogP contribution in [0.3, 0.4) is 0 Å². The molecule has 0 bridgehead atoms. The van der Waals surface area contributed by atoms with E-state index in [9.17, 15) is 9.59 Å². The molecule has 110 valence electrons. The van der Waals surface area contributed by atoms with Crippen LogP contribution in [-0.2, 0) is 7.05 Å². The standard InChI is InChI=1S/C18H15NO3/c1-19-11-15(14-9-8-13(22-2)10-16(14)19)18(21)17(20)12-6-4-3-5-7-12/h3-11H,1-2H3. The summed E-state index contributed by atoms with van der Waals surface area (Å²) in [5, 5.41) is 0.748. The smallest absolute Gasteiger partial charge is 0.235 e. The molecule has 0 spiro atoms. The van der Waals surface area contributed by atoms with Crippen LogP contribution in [0.1, 0.15) is 20.7 Å². The van der Waals surface area contributed by atoms with Crippen molar-refractivity contribution >= 4 is 22.5 Å². The number of methoxy groups -OCH3 is 1. The minimum Gasteiger partial charge on any atom is -0.497 e. The van der Waals surface area contributed by atoms with Crippen LogP contribution in [0.2, 0.25) is 0 Å². The van der Waals surface area contributed by atoms with E-state index in [1.165, 1.54) is 0 Å². The average Bonchev–Trinajstić information content (AvgIpc) is 2.90. The Morgan fingerprint density at radius 2 is 1.73 bits per heavy atom. The summed E-state index contributed by atoms with van der Waals surface area (Å²) in [4.78, 5) is 24.9. The van der Waals surface area contributed by atoms with Crippen molar-refractivity contribution in [1.29, 1.82) is 0 Å². The Morgan fingerprint density at radius 1 is 1.00 bits per heavy atom. The second kappa shape index (κ2) is 5.48. The Kier molecular flexibility index (Phi) is 3.51. The highest BCUT2D eigenvalue weighted by atomic mass is 16.5. The quantitative estimate of drug-likeness (QED) is 0.548. The molecule has 1 heterocycles. The first-order valence-electron chi connectivity index (χ1n) is 6.89. The van der Waals surface area contributed by atoms with Gasteiger partial charge >= 0.3 is 0 Å². The first kappa shape index (κ1) is 14.1. The van der Waals surface area contributed by atoms with Crippen molar-refractivity contribution in [1.82, 2.24) is 4.57 Å². The number of aryl methyl sites for hydroxylation is 1. The van der Waals surface area contributed by atoms with Crippen LogP contribution >= 0.6 is 0 Å². The largest absolute Gasteiger partial charge is 0.497 e. The molecule has 3 aromatic rings. The van der Waals surface area contributed by atoms with Crippen LogP contribution in [0, 0.1) is 0 Å². The maximum absolute atomic E-state index is 12.5. The number of ketones is 2. The molecule has 0 unspecified atom stereocenters. The van der Waals surface area contributed by atoms with Crippen LogP contribution in [-0.4, -0.2) is 23.2 Å². The fourth-order valence-corrected chi connectivity index (χ4v) is 2.51. The molecule has 22 heavy (non-hydrogen) atoms. The van der Waals surface area contributed by atoms with Crippen molar-refractivity contribution in [2.75, 3.05) is 7.11 Å². The zero-order valence-corrected chi connectivity index (χ0v) is 12.4. The number of benzene rings is 2. The molecular weight excluding hydrogens is 278 g/mol. The number of Topliss-reactive ketones (excluding diaryl/α,β-unsaturated/α-hetero) is 2. The molecule has 0 aliphatic heterocycles. The van der Waals surface area contributed by atoms with Crippen molar-refractivity contribution in [3.05, 3.63) is 65.9 Å².